The van der Waals surface area contributed by atoms with E-state index in [0.717, 1.165) is 22.3 Å². The summed E-state index contributed by atoms with van der Waals surface area (Å²) in [7, 11) is 1.50. The normalized spacial score (nSPS) is 14.3. The van der Waals surface area contributed by atoms with E-state index in [1.54, 1.807) is 13.1 Å². The highest BCUT2D eigenvalue weighted by atomic mass is 16.5. The number of carbonyl (C=O) groups excluding carboxylic acids is 1. The fourth-order valence-corrected chi connectivity index (χ4v) is 3.96. The van der Waals surface area contributed by atoms with Crippen molar-refractivity contribution in [2.75, 3.05) is 13.7 Å². The van der Waals surface area contributed by atoms with Crippen LogP contribution in [0.3, 0.4) is 0 Å². The smallest absolute Gasteiger partial charge is 0.407 e. The number of nitrogens with one attached hydrogen (secondary N) is 1. The maximum atomic E-state index is 12.5. The summed E-state index contributed by atoms with van der Waals surface area (Å²) in [6, 6.07) is 14.1. The van der Waals surface area contributed by atoms with Crippen LogP contribution in [0, 0.1) is 0 Å². The summed E-state index contributed by atoms with van der Waals surface area (Å²) in [5.41, 5.74) is 4.42. The number of benzene rings is 2. The van der Waals surface area contributed by atoms with Crippen molar-refractivity contribution in [3.8, 4) is 16.9 Å². The predicted molar refractivity (Wildman–Crippen MR) is 113 cm³/mol. The SMILES string of the molecule is COc1cnn(C(C)C(NC(=O)OCC2c3ccccc3-c3ccccc32)C(=O)O)c1. The molecule has 2 N–H and O–H groups in total. The summed E-state index contributed by atoms with van der Waals surface area (Å²) in [6.45, 7) is 1.76. The second kappa shape index (κ2) is 8.51. The molecule has 1 heterocycles. The lowest BCUT2D eigenvalue weighted by Crippen LogP contribution is -2.46. The number of methoxy groups -OCH3 is 1. The third kappa shape index (κ3) is 3.96. The highest BCUT2D eigenvalue weighted by molar-refractivity contribution is 5.81. The number of alkyl carbamates (subject to hydrolysis) is 1. The van der Waals surface area contributed by atoms with E-state index >= 15 is 0 Å². The lowest BCUT2D eigenvalue weighted by Gasteiger charge is -2.22. The number of hydrogen-bond acceptors (Lipinski definition) is 5. The molecule has 8 nitrogen and oxygen atoms in total. The number of aromatic nitrogens is 2. The average molecular weight is 421 g/mol. The molecule has 0 fully saturated rings. The molecule has 1 aromatic heterocycles. The van der Waals surface area contributed by atoms with Crippen molar-refractivity contribution in [3.05, 3.63) is 72.1 Å². The highest BCUT2D eigenvalue weighted by Crippen LogP contribution is 2.44. The Hall–Kier alpha value is -3.81. The Morgan fingerprint density at radius 1 is 1.13 bits per heavy atom. The quantitative estimate of drug-likeness (QED) is 0.606. The van der Waals surface area contributed by atoms with E-state index in [2.05, 4.69) is 22.5 Å². The summed E-state index contributed by atoms with van der Waals surface area (Å²) in [5.74, 6) is -0.790. The van der Waals surface area contributed by atoms with E-state index in [1.165, 1.54) is 18.0 Å². The predicted octanol–water partition coefficient (Wildman–Crippen LogP) is 3.44. The number of fused-ring (bicyclic) bond motifs is 3. The summed E-state index contributed by atoms with van der Waals surface area (Å²) in [5, 5.41) is 16.2. The Morgan fingerprint density at radius 3 is 2.29 bits per heavy atom. The van der Waals surface area contributed by atoms with E-state index in [0.29, 0.717) is 5.75 Å². The summed E-state index contributed by atoms with van der Waals surface area (Å²) >= 11 is 0. The highest BCUT2D eigenvalue weighted by Gasteiger charge is 2.32. The Bertz CT molecular complexity index is 1060. The van der Waals surface area contributed by atoms with Crippen LogP contribution >= 0.6 is 0 Å². The van der Waals surface area contributed by atoms with Crippen molar-refractivity contribution >= 4 is 12.1 Å². The summed E-state index contributed by atoms with van der Waals surface area (Å²) in [6.07, 6.45) is 2.25. The molecule has 2 unspecified atom stereocenters. The molecule has 0 radical (unpaired) electrons. The van der Waals surface area contributed by atoms with Gasteiger partial charge in [0.1, 0.15) is 6.61 Å². The van der Waals surface area contributed by atoms with Crippen molar-refractivity contribution in [2.24, 2.45) is 0 Å². The van der Waals surface area contributed by atoms with Crippen LogP contribution in [0.1, 0.15) is 30.0 Å². The number of hydrogen-bond donors (Lipinski definition) is 2. The molecule has 31 heavy (non-hydrogen) atoms. The average Bonchev–Trinajstić information content (AvgIpc) is 3.38. The maximum absolute atomic E-state index is 12.5. The molecule has 160 valence electrons. The fraction of sp³-hybridized carbons (Fsp3) is 0.261. The fourth-order valence-electron chi connectivity index (χ4n) is 3.96. The van der Waals surface area contributed by atoms with Gasteiger partial charge in [0.05, 0.1) is 25.5 Å². The first-order chi connectivity index (χ1) is 15.0. The van der Waals surface area contributed by atoms with Crippen LogP contribution in [0.15, 0.2) is 60.9 Å². The molecule has 1 aliphatic rings. The minimum absolute atomic E-state index is 0.103. The van der Waals surface area contributed by atoms with E-state index in [1.807, 2.05) is 36.4 Å². The van der Waals surface area contributed by atoms with Crippen LogP contribution in [0.5, 0.6) is 5.75 Å². The Kier molecular flexibility index (Phi) is 5.62. The van der Waals surface area contributed by atoms with Gasteiger partial charge in [0.2, 0.25) is 0 Å². The van der Waals surface area contributed by atoms with Crippen molar-refractivity contribution in [1.29, 1.82) is 0 Å². The van der Waals surface area contributed by atoms with E-state index in [-0.39, 0.29) is 12.5 Å². The van der Waals surface area contributed by atoms with Gasteiger partial charge >= 0.3 is 12.1 Å². The van der Waals surface area contributed by atoms with E-state index in [4.69, 9.17) is 9.47 Å². The van der Waals surface area contributed by atoms with Gasteiger partial charge in [0.15, 0.2) is 11.8 Å². The van der Waals surface area contributed by atoms with Crippen molar-refractivity contribution < 1.29 is 24.2 Å². The Balaban J connectivity index is 1.45. The molecule has 0 aliphatic heterocycles. The molecule has 8 heteroatoms. The lowest BCUT2D eigenvalue weighted by atomic mass is 9.98. The summed E-state index contributed by atoms with van der Waals surface area (Å²) in [4.78, 5) is 24.3. The zero-order valence-electron chi connectivity index (χ0n) is 17.2. The second-order valence-electron chi connectivity index (χ2n) is 7.39. The largest absolute Gasteiger partial charge is 0.493 e. The topological polar surface area (TPSA) is 103 Å². The molecule has 1 aliphatic carbocycles. The van der Waals surface area contributed by atoms with E-state index in [9.17, 15) is 14.7 Å². The zero-order valence-corrected chi connectivity index (χ0v) is 17.2. The van der Waals surface area contributed by atoms with Gasteiger partial charge in [-0.2, -0.15) is 5.10 Å². The number of nitrogens with zero attached hydrogens (tertiary/aromatic N) is 2. The van der Waals surface area contributed by atoms with Gasteiger partial charge in [0.25, 0.3) is 0 Å². The number of amides is 1. The van der Waals surface area contributed by atoms with Gasteiger partial charge in [0, 0.05) is 5.92 Å². The molecule has 4 rings (SSSR count). The van der Waals surface area contributed by atoms with Crippen molar-refractivity contribution in [1.82, 2.24) is 15.1 Å². The van der Waals surface area contributed by atoms with Crippen molar-refractivity contribution in [2.45, 2.75) is 24.9 Å². The number of ether oxygens (including phenoxy) is 2. The van der Waals surface area contributed by atoms with Gasteiger partial charge in [-0.3, -0.25) is 4.68 Å². The molecule has 0 spiro atoms. The first kappa shape index (κ1) is 20.5. The molecule has 0 saturated carbocycles. The number of carboxylic acids is 1. The minimum atomic E-state index is -1.22. The molecular formula is C23H23N3O5. The molecule has 2 aromatic carbocycles. The molecule has 0 saturated heterocycles. The van der Waals surface area contributed by atoms with Crippen LogP contribution in [0.4, 0.5) is 4.79 Å². The van der Waals surface area contributed by atoms with Crippen LogP contribution in [-0.4, -0.2) is 46.7 Å². The first-order valence-corrected chi connectivity index (χ1v) is 9.92. The molecule has 1 amide bonds. The molecular weight excluding hydrogens is 398 g/mol. The number of aliphatic carboxylic acids is 1. The molecule has 3 aromatic rings. The van der Waals surface area contributed by atoms with Crippen LogP contribution < -0.4 is 10.1 Å². The lowest BCUT2D eigenvalue weighted by molar-refractivity contribution is -0.140. The Morgan fingerprint density at radius 2 is 1.74 bits per heavy atom. The first-order valence-electron chi connectivity index (χ1n) is 9.92. The third-order valence-corrected chi connectivity index (χ3v) is 5.60. The Labute approximate surface area is 179 Å². The van der Waals surface area contributed by atoms with Crippen molar-refractivity contribution in [3.63, 3.8) is 0 Å². The molecule has 2 atom stereocenters. The van der Waals surface area contributed by atoms with Gasteiger partial charge in [-0.05, 0) is 29.2 Å². The van der Waals surface area contributed by atoms with Gasteiger partial charge in [-0.25, -0.2) is 9.59 Å². The van der Waals surface area contributed by atoms with Gasteiger partial charge in [-0.15, -0.1) is 0 Å². The third-order valence-electron chi connectivity index (χ3n) is 5.60. The number of carboxylic acid groups (broad SMARTS) is 1. The minimum Gasteiger partial charge on any atom is -0.493 e. The van der Waals surface area contributed by atoms with E-state index < -0.39 is 24.1 Å². The van der Waals surface area contributed by atoms with Crippen LogP contribution in [0.2, 0.25) is 0 Å². The maximum Gasteiger partial charge on any atom is 0.407 e. The second-order valence-corrected chi connectivity index (χ2v) is 7.39. The van der Waals surface area contributed by atoms with Gasteiger partial charge < -0.3 is 19.9 Å². The number of rotatable bonds is 7. The van der Waals surface area contributed by atoms with Gasteiger partial charge in [-0.1, -0.05) is 48.5 Å². The van der Waals surface area contributed by atoms with Crippen LogP contribution in [0.25, 0.3) is 11.1 Å². The standard InChI is InChI=1S/C23H23N3O5/c1-14(26-12-15(30-2)11-24-26)21(22(27)28)25-23(29)31-13-20-18-9-5-3-7-16(18)17-8-4-6-10-19(17)20/h3-12,14,20-21H,13H2,1-2H3,(H,25,29)(H,27,28). The van der Waals surface area contributed by atoms with Crippen LogP contribution in [-0.2, 0) is 9.53 Å². The number of carbonyl (C=O) groups is 2. The monoisotopic (exact) mass is 421 g/mol. The molecule has 0 bridgehead atoms. The summed E-state index contributed by atoms with van der Waals surface area (Å²) < 4.78 is 12.0. The zero-order chi connectivity index (χ0) is 22.0.